The molecule has 4 nitrogen and oxygen atoms in total. The summed E-state index contributed by atoms with van der Waals surface area (Å²) in [7, 11) is 0. The molecule has 4 aromatic heterocycles. The van der Waals surface area contributed by atoms with Gasteiger partial charge in [-0.25, -0.2) is 14.4 Å². The predicted molar refractivity (Wildman–Crippen MR) is 167 cm³/mol. The zero-order valence-corrected chi connectivity index (χ0v) is 22.7. The number of aryl methyl sites for hydroxylation is 1. The fourth-order valence-electron chi connectivity index (χ4n) is 6.09. The first kappa shape index (κ1) is 22.7. The van der Waals surface area contributed by atoms with Crippen LogP contribution in [0.4, 0.5) is 4.39 Å². The third-order valence-electron chi connectivity index (χ3n) is 7.96. The van der Waals surface area contributed by atoms with Crippen LogP contribution in [0.15, 0.2) is 108 Å². The zero-order chi connectivity index (χ0) is 27.2. The van der Waals surface area contributed by atoms with Crippen molar-refractivity contribution in [2.75, 3.05) is 0 Å². The van der Waals surface area contributed by atoms with Gasteiger partial charge in [0.25, 0.3) is 0 Å². The van der Waals surface area contributed by atoms with E-state index in [0.29, 0.717) is 5.39 Å². The van der Waals surface area contributed by atoms with Gasteiger partial charge >= 0.3 is 0 Å². The standard InChI is InChI=1S/C35H20FN3OS/c1-19-13-14-24-31-26(36)16-15-25(33(31)41-35(24)37-19)34-38-27-17-20-7-2-3-8-21(20)18-29(27)39(34)28-11-6-10-23-22-9-4-5-12-30(22)40-32(23)28/h2-18H,1H3. The molecule has 4 heterocycles. The van der Waals surface area contributed by atoms with Crippen molar-refractivity contribution in [3.63, 3.8) is 0 Å². The van der Waals surface area contributed by atoms with Gasteiger partial charge in [-0.3, -0.25) is 4.57 Å². The smallest absolute Gasteiger partial charge is 0.159 e. The zero-order valence-electron chi connectivity index (χ0n) is 21.9. The number of furan rings is 1. The lowest BCUT2D eigenvalue weighted by Crippen LogP contribution is -1.98. The molecule has 6 heteroatoms. The topological polar surface area (TPSA) is 43.9 Å². The van der Waals surface area contributed by atoms with E-state index in [1.165, 1.54) is 11.3 Å². The van der Waals surface area contributed by atoms with Gasteiger partial charge in [0, 0.05) is 32.8 Å². The second-order valence-corrected chi connectivity index (χ2v) is 11.4. The monoisotopic (exact) mass is 549 g/mol. The fraction of sp³-hybridized carbons (Fsp3) is 0.0286. The van der Waals surface area contributed by atoms with E-state index in [0.717, 1.165) is 81.4 Å². The van der Waals surface area contributed by atoms with E-state index in [9.17, 15) is 0 Å². The molecule has 0 aliphatic rings. The van der Waals surface area contributed by atoms with Crippen molar-refractivity contribution in [3.8, 4) is 17.1 Å². The van der Waals surface area contributed by atoms with Gasteiger partial charge < -0.3 is 4.42 Å². The van der Waals surface area contributed by atoms with Crippen molar-refractivity contribution in [3.05, 3.63) is 115 Å². The molecular weight excluding hydrogens is 529 g/mol. The molecule has 41 heavy (non-hydrogen) atoms. The Morgan fingerprint density at radius 2 is 1.56 bits per heavy atom. The lowest BCUT2D eigenvalue weighted by molar-refractivity contribution is 0.641. The maximum atomic E-state index is 15.4. The van der Waals surface area contributed by atoms with Gasteiger partial charge in [-0.1, -0.05) is 54.6 Å². The van der Waals surface area contributed by atoms with E-state index < -0.39 is 0 Å². The molecule has 0 fully saturated rings. The second kappa shape index (κ2) is 8.22. The van der Waals surface area contributed by atoms with E-state index in [1.54, 1.807) is 6.07 Å². The SMILES string of the molecule is Cc1ccc2c(n1)sc1c(-c3nc4cc5ccccc5cc4n3-c3cccc4c3oc3ccccc34)ccc(F)c12. The molecule has 0 N–H and O–H groups in total. The van der Waals surface area contributed by atoms with Crippen molar-refractivity contribution in [1.82, 2.24) is 14.5 Å². The maximum absolute atomic E-state index is 15.4. The molecule has 9 rings (SSSR count). The number of aromatic nitrogens is 3. The number of thiophene rings is 1. The molecule has 5 aromatic carbocycles. The number of rotatable bonds is 2. The molecule has 0 amide bonds. The Hall–Kier alpha value is -5.07. The van der Waals surface area contributed by atoms with E-state index >= 15 is 4.39 Å². The van der Waals surface area contributed by atoms with Crippen LogP contribution in [0.1, 0.15) is 5.69 Å². The number of benzene rings is 5. The molecular formula is C35H20FN3OS. The van der Waals surface area contributed by atoms with Crippen LogP contribution in [0.25, 0.3) is 81.1 Å². The van der Waals surface area contributed by atoms with Crippen LogP contribution in [0.5, 0.6) is 0 Å². The number of imidazole rings is 1. The largest absolute Gasteiger partial charge is 0.454 e. The first-order valence-corrected chi connectivity index (χ1v) is 14.3. The summed E-state index contributed by atoms with van der Waals surface area (Å²) in [5.41, 5.74) is 6.09. The molecule has 194 valence electrons. The van der Waals surface area contributed by atoms with E-state index in [2.05, 4.69) is 53.1 Å². The molecule has 0 unspecified atom stereocenters. The van der Waals surface area contributed by atoms with Gasteiger partial charge in [-0.2, -0.15) is 0 Å². The third-order valence-corrected chi connectivity index (χ3v) is 9.09. The summed E-state index contributed by atoms with van der Waals surface area (Å²) in [5.74, 6) is 0.477. The normalized spacial score (nSPS) is 12.1. The van der Waals surface area contributed by atoms with Gasteiger partial charge in [-0.05, 0) is 66.2 Å². The molecule has 0 atom stereocenters. The minimum atomic E-state index is -0.256. The summed E-state index contributed by atoms with van der Waals surface area (Å²) < 4.78 is 24.9. The number of para-hydroxylation sites is 2. The van der Waals surface area contributed by atoms with Crippen LogP contribution < -0.4 is 0 Å². The summed E-state index contributed by atoms with van der Waals surface area (Å²) in [6, 6.07) is 34.2. The Balaban J connectivity index is 1.45. The van der Waals surface area contributed by atoms with Crippen molar-refractivity contribution in [1.29, 1.82) is 0 Å². The predicted octanol–water partition coefficient (Wildman–Crippen LogP) is 9.96. The molecule has 0 bridgehead atoms. The molecule has 0 saturated heterocycles. The van der Waals surface area contributed by atoms with E-state index in [4.69, 9.17) is 14.4 Å². The Labute approximate surface area is 236 Å². The van der Waals surface area contributed by atoms with Crippen molar-refractivity contribution in [2.45, 2.75) is 6.92 Å². The average molecular weight is 550 g/mol. The number of hydrogen-bond donors (Lipinski definition) is 0. The Morgan fingerprint density at radius 3 is 2.46 bits per heavy atom. The van der Waals surface area contributed by atoms with Crippen molar-refractivity contribution >= 4 is 75.4 Å². The van der Waals surface area contributed by atoms with E-state index in [-0.39, 0.29) is 5.82 Å². The van der Waals surface area contributed by atoms with Crippen molar-refractivity contribution < 1.29 is 8.81 Å². The molecule has 0 aliphatic heterocycles. The molecule has 0 aliphatic carbocycles. The van der Waals surface area contributed by atoms with Crippen LogP contribution in [0, 0.1) is 12.7 Å². The molecule has 9 aromatic rings. The third kappa shape index (κ3) is 3.19. The molecule has 0 saturated carbocycles. The van der Waals surface area contributed by atoms with Gasteiger partial charge in [0.1, 0.15) is 22.1 Å². The van der Waals surface area contributed by atoms with Crippen molar-refractivity contribution in [2.24, 2.45) is 0 Å². The first-order valence-electron chi connectivity index (χ1n) is 13.4. The minimum absolute atomic E-state index is 0.256. The van der Waals surface area contributed by atoms with Crippen LogP contribution in [-0.4, -0.2) is 14.5 Å². The van der Waals surface area contributed by atoms with Gasteiger partial charge in [-0.15, -0.1) is 11.3 Å². The number of pyridine rings is 1. The highest BCUT2D eigenvalue weighted by Crippen LogP contribution is 2.43. The van der Waals surface area contributed by atoms with Crippen LogP contribution >= 0.6 is 11.3 Å². The van der Waals surface area contributed by atoms with E-state index in [1.807, 2.05) is 55.5 Å². The minimum Gasteiger partial charge on any atom is -0.454 e. The number of fused-ring (bicyclic) bond motifs is 8. The highest BCUT2D eigenvalue weighted by atomic mass is 32.1. The number of halogens is 1. The Morgan fingerprint density at radius 1 is 0.756 bits per heavy atom. The Bertz CT molecular complexity index is 2520. The van der Waals surface area contributed by atoms with Gasteiger partial charge in [0.2, 0.25) is 0 Å². The molecule has 0 radical (unpaired) electrons. The summed E-state index contributed by atoms with van der Waals surface area (Å²) in [6.45, 7) is 1.96. The second-order valence-electron chi connectivity index (χ2n) is 10.4. The molecule has 0 spiro atoms. The summed E-state index contributed by atoms with van der Waals surface area (Å²) in [6.07, 6.45) is 0. The Kier molecular flexibility index (Phi) is 4.56. The lowest BCUT2D eigenvalue weighted by atomic mass is 10.1. The quantitative estimate of drug-likeness (QED) is 0.215. The first-order chi connectivity index (χ1) is 20.1. The number of hydrogen-bond acceptors (Lipinski definition) is 4. The average Bonchev–Trinajstić information content (AvgIpc) is 3.67. The summed E-state index contributed by atoms with van der Waals surface area (Å²) >= 11 is 1.51. The maximum Gasteiger partial charge on any atom is 0.159 e. The summed E-state index contributed by atoms with van der Waals surface area (Å²) in [4.78, 5) is 10.8. The highest BCUT2D eigenvalue weighted by molar-refractivity contribution is 7.26. The number of nitrogens with zero attached hydrogens (tertiary/aromatic N) is 3. The summed E-state index contributed by atoms with van der Waals surface area (Å²) in [5, 5.41) is 5.75. The highest BCUT2D eigenvalue weighted by Gasteiger charge is 2.23. The van der Waals surface area contributed by atoms with Crippen LogP contribution in [0.2, 0.25) is 0 Å². The van der Waals surface area contributed by atoms with Gasteiger partial charge in [0.15, 0.2) is 5.58 Å². The van der Waals surface area contributed by atoms with Crippen LogP contribution in [0.3, 0.4) is 0 Å². The van der Waals surface area contributed by atoms with Gasteiger partial charge in [0.05, 0.1) is 21.4 Å². The van der Waals surface area contributed by atoms with Crippen LogP contribution in [-0.2, 0) is 0 Å². The fourth-order valence-corrected chi connectivity index (χ4v) is 7.33. The lowest BCUT2D eigenvalue weighted by Gasteiger charge is -2.11.